The summed E-state index contributed by atoms with van der Waals surface area (Å²) in [5, 5.41) is 13.0. The zero-order chi connectivity index (χ0) is 20.9. The van der Waals surface area contributed by atoms with Crippen LogP contribution >= 0.6 is 11.3 Å². The summed E-state index contributed by atoms with van der Waals surface area (Å²) in [5.74, 6) is -0.246. The molecule has 2 aromatic rings. The van der Waals surface area contributed by atoms with Crippen molar-refractivity contribution in [2.45, 2.75) is 25.8 Å². The summed E-state index contributed by atoms with van der Waals surface area (Å²) in [6, 6.07) is 11.1. The molecule has 1 N–H and O–H groups in total. The number of nitriles is 1. The molecule has 30 heavy (non-hydrogen) atoms. The van der Waals surface area contributed by atoms with Gasteiger partial charge >= 0.3 is 6.09 Å². The first-order valence-electron chi connectivity index (χ1n) is 10.2. The molecule has 4 rings (SSSR count). The maximum Gasteiger partial charge on any atom is 0.410 e. The number of carbonyl (C=O) groups excluding carboxylic acids is 2. The van der Waals surface area contributed by atoms with E-state index in [1.165, 1.54) is 24.2 Å². The van der Waals surface area contributed by atoms with Crippen LogP contribution in [0.1, 0.15) is 39.2 Å². The SMILES string of the molecule is N#Cc1c(NC(=O)c2ccccc2)sc2c1CCN(C(=O)OCCN1CCCC1)C2. The van der Waals surface area contributed by atoms with Gasteiger partial charge in [-0.25, -0.2) is 4.79 Å². The van der Waals surface area contributed by atoms with Gasteiger partial charge < -0.3 is 15.0 Å². The van der Waals surface area contributed by atoms with Crippen molar-refractivity contribution in [3.8, 4) is 6.07 Å². The Balaban J connectivity index is 1.39. The van der Waals surface area contributed by atoms with E-state index < -0.39 is 0 Å². The molecular formula is C22H24N4O3S. The van der Waals surface area contributed by atoms with Crippen LogP contribution in [0.5, 0.6) is 0 Å². The summed E-state index contributed by atoms with van der Waals surface area (Å²) < 4.78 is 5.46. The third-order valence-electron chi connectivity index (χ3n) is 5.52. The van der Waals surface area contributed by atoms with Crippen LogP contribution in [-0.2, 0) is 17.7 Å². The average Bonchev–Trinajstić information content (AvgIpc) is 3.40. The first kappa shape index (κ1) is 20.4. The Morgan fingerprint density at radius 2 is 1.93 bits per heavy atom. The van der Waals surface area contributed by atoms with Crippen molar-refractivity contribution in [1.29, 1.82) is 5.26 Å². The van der Waals surface area contributed by atoms with Gasteiger partial charge in [-0.2, -0.15) is 5.26 Å². The van der Waals surface area contributed by atoms with Gasteiger partial charge in [-0.3, -0.25) is 9.69 Å². The van der Waals surface area contributed by atoms with E-state index >= 15 is 0 Å². The van der Waals surface area contributed by atoms with Gasteiger partial charge in [-0.1, -0.05) is 18.2 Å². The average molecular weight is 425 g/mol. The van der Waals surface area contributed by atoms with Gasteiger partial charge in [0.25, 0.3) is 5.91 Å². The lowest BCUT2D eigenvalue weighted by atomic mass is 10.0. The predicted molar refractivity (Wildman–Crippen MR) is 115 cm³/mol. The molecule has 1 fully saturated rings. The van der Waals surface area contributed by atoms with Gasteiger partial charge in [-0.15, -0.1) is 11.3 Å². The van der Waals surface area contributed by atoms with Gasteiger partial charge in [0.1, 0.15) is 17.7 Å². The number of rotatable bonds is 5. The number of fused-ring (bicyclic) bond motifs is 1. The zero-order valence-corrected chi connectivity index (χ0v) is 17.5. The van der Waals surface area contributed by atoms with Gasteiger partial charge in [0.15, 0.2) is 0 Å². The molecule has 8 heteroatoms. The number of benzene rings is 1. The highest BCUT2D eigenvalue weighted by Gasteiger charge is 2.28. The highest BCUT2D eigenvalue weighted by Crippen LogP contribution is 2.37. The van der Waals surface area contributed by atoms with Crippen molar-refractivity contribution in [1.82, 2.24) is 9.80 Å². The smallest absolute Gasteiger partial charge is 0.410 e. The Labute approximate surface area is 179 Å². The molecule has 1 aromatic carbocycles. The molecule has 2 amide bonds. The minimum absolute atomic E-state index is 0.246. The van der Waals surface area contributed by atoms with Crippen molar-refractivity contribution in [2.24, 2.45) is 0 Å². The molecule has 1 aromatic heterocycles. The van der Waals surface area contributed by atoms with Crippen molar-refractivity contribution in [3.05, 3.63) is 51.9 Å². The van der Waals surface area contributed by atoms with E-state index in [0.717, 1.165) is 30.1 Å². The van der Waals surface area contributed by atoms with E-state index in [1.54, 1.807) is 29.2 Å². The van der Waals surface area contributed by atoms with Crippen molar-refractivity contribution >= 4 is 28.3 Å². The number of carbonyl (C=O) groups is 2. The minimum Gasteiger partial charge on any atom is -0.448 e. The Morgan fingerprint density at radius 1 is 1.17 bits per heavy atom. The highest BCUT2D eigenvalue weighted by molar-refractivity contribution is 7.16. The summed E-state index contributed by atoms with van der Waals surface area (Å²) >= 11 is 1.36. The quantitative estimate of drug-likeness (QED) is 0.794. The summed E-state index contributed by atoms with van der Waals surface area (Å²) in [4.78, 5) is 29.9. The lowest BCUT2D eigenvalue weighted by molar-refractivity contribution is 0.0897. The number of anilines is 1. The summed E-state index contributed by atoms with van der Waals surface area (Å²) in [6.07, 6.45) is 2.69. The zero-order valence-electron chi connectivity index (χ0n) is 16.7. The molecule has 2 aliphatic heterocycles. The number of nitrogens with one attached hydrogen (secondary N) is 1. The van der Waals surface area contributed by atoms with Crippen LogP contribution < -0.4 is 5.32 Å². The first-order chi connectivity index (χ1) is 14.7. The standard InChI is InChI=1S/C22H24N4O3S/c23-14-18-17-8-11-26(22(28)29-13-12-25-9-4-5-10-25)15-19(17)30-21(18)24-20(27)16-6-2-1-3-7-16/h1-3,6-7H,4-5,8-13,15H2,(H,24,27). The second kappa shape index (κ2) is 9.28. The number of hydrogen-bond acceptors (Lipinski definition) is 6. The predicted octanol–water partition coefficient (Wildman–Crippen LogP) is 3.46. The van der Waals surface area contributed by atoms with Crippen LogP contribution in [0, 0.1) is 11.3 Å². The summed E-state index contributed by atoms with van der Waals surface area (Å²) in [7, 11) is 0. The molecule has 1 saturated heterocycles. The molecule has 0 saturated carbocycles. The number of thiophene rings is 1. The number of amides is 2. The van der Waals surface area contributed by atoms with Crippen molar-refractivity contribution in [3.63, 3.8) is 0 Å². The maximum absolute atomic E-state index is 12.5. The maximum atomic E-state index is 12.5. The lowest BCUT2D eigenvalue weighted by Gasteiger charge is -2.26. The van der Waals surface area contributed by atoms with Gasteiger partial charge in [0, 0.05) is 23.5 Å². The van der Waals surface area contributed by atoms with Gasteiger partial charge in [0.05, 0.1) is 12.1 Å². The van der Waals surface area contributed by atoms with E-state index in [0.29, 0.717) is 42.2 Å². The molecule has 2 aliphatic rings. The molecule has 156 valence electrons. The van der Waals surface area contributed by atoms with Crippen LogP contribution in [0.25, 0.3) is 0 Å². The molecule has 0 spiro atoms. The molecule has 0 atom stereocenters. The third kappa shape index (κ3) is 4.48. The third-order valence-corrected chi connectivity index (χ3v) is 6.65. The van der Waals surface area contributed by atoms with Gasteiger partial charge in [-0.05, 0) is 50.0 Å². The van der Waals surface area contributed by atoms with E-state index in [1.807, 2.05) is 6.07 Å². The fraction of sp³-hybridized carbons (Fsp3) is 0.409. The van der Waals surface area contributed by atoms with Crippen LogP contribution in [0.15, 0.2) is 30.3 Å². The first-order valence-corrected chi connectivity index (χ1v) is 11.0. The topological polar surface area (TPSA) is 85.7 Å². The van der Waals surface area contributed by atoms with Crippen molar-refractivity contribution in [2.75, 3.05) is 38.1 Å². The number of hydrogen-bond donors (Lipinski definition) is 1. The largest absolute Gasteiger partial charge is 0.448 e. The molecule has 7 nitrogen and oxygen atoms in total. The van der Waals surface area contributed by atoms with E-state index in [2.05, 4.69) is 16.3 Å². The Bertz CT molecular complexity index is 961. The number of ether oxygens (including phenoxy) is 1. The fourth-order valence-corrected chi connectivity index (χ4v) is 5.10. The monoisotopic (exact) mass is 424 g/mol. The summed E-state index contributed by atoms with van der Waals surface area (Å²) in [5.41, 5.74) is 1.96. The van der Waals surface area contributed by atoms with Crippen LogP contribution in [0.4, 0.5) is 9.80 Å². The molecule has 0 aliphatic carbocycles. The lowest BCUT2D eigenvalue weighted by Crippen LogP contribution is -2.37. The molecule has 0 unspecified atom stereocenters. The highest BCUT2D eigenvalue weighted by atomic mass is 32.1. The molecular weight excluding hydrogens is 400 g/mol. The van der Waals surface area contributed by atoms with Gasteiger partial charge in [0.2, 0.25) is 0 Å². The van der Waals surface area contributed by atoms with E-state index in [4.69, 9.17) is 4.74 Å². The Kier molecular flexibility index (Phi) is 6.31. The normalized spacial score (nSPS) is 16.0. The van der Waals surface area contributed by atoms with Crippen LogP contribution in [0.2, 0.25) is 0 Å². The second-order valence-electron chi connectivity index (χ2n) is 7.47. The molecule has 0 bridgehead atoms. The van der Waals surface area contributed by atoms with Crippen molar-refractivity contribution < 1.29 is 14.3 Å². The second-order valence-corrected chi connectivity index (χ2v) is 8.58. The minimum atomic E-state index is -0.318. The Hall–Kier alpha value is -2.89. The summed E-state index contributed by atoms with van der Waals surface area (Å²) in [6.45, 7) is 4.24. The molecule has 3 heterocycles. The molecule has 0 radical (unpaired) electrons. The fourth-order valence-electron chi connectivity index (χ4n) is 3.89. The number of likely N-dealkylation sites (tertiary alicyclic amines) is 1. The van der Waals surface area contributed by atoms with Crippen LogP contribution in [0.3, 0.4) is 0 Å². The van der Waals surface area contributed by atoms with E-state index in [-0.39, 0.29) is 12.0 Å². The van der Waals surface area contributed by atoms with E-state index in [9.17, 15) is 14.9 Å². The Morgan fingerprint density at radius 3 is 2.67 bits per heavy atom. The number of nitrogens with zero attached hydrogens (tertiary/aromatic N) is 3. The van der Waals surface area contributed by atoms with Crippen LogP contribution in [-0.4, -0.2) is 54.6 Å².